The second kappa shape index (κ2) is 7.92. The lowest BCUT2D eigenvalue weighted by Gasteiger charge is -2.19. The maximum absolute atomic E-state index is 11.8. The van der Waals surface area contributed by atoms with E-state index in [2.05, 4.69) is 10.6 Å². The zero-order valence-electron chi connectivity index (χ0n) is 11.9. The molecule has 0 bridgehead atoms. The molecule has 0 heterocycles. The predicted octanol–water partition coefficient (Wildman–Crippen LogP) is 1.61. The van der Waals surface area contributed by atoms with Gasteiger partial charge in [0.25, 0.3) is 0 Å². The summed E-state index contributed by atoms with van der Waals surface area (Å²) in [6.45, 7) is 6.17. The fourth-order valence-electron chi connectivity index (χ4n) is 1.64. The summed E-state index contributed by atoms with van der Waals surface area (Å²) in [7, 11) is 0. The molecule has 0 saturated heterocycles. The van der Waals surface area contributed by atoms with Crippen molar-refractivity contribution in [3.05, 3.63) is 35.9 Å². The Hall–Kier alpha value is -1.39. The lowest BCUT2D eigenvalue weighted by Crippen LogP contribution is -2.46. The van der Waals surface area contributed by atoms with E-state index < -0.39 is 6.10 Å². The van der Waals surface area contributed by atoms with Gasteiger partial charge in [-0.2, -0.15) is 0 Å². The topological polar surface area (TPSA) is 61.4 Å². The van der Waals surface area contributed by atoms with E-state index in [9.17, 15) is 9.90 Å². The van der Waals surface area contributed by atoms with Crippen molar-refractivity contribution in [2.24, 2.45) is 0 Å². The molecule has 0 fully saturated rings. The van der Waals surface area contributed by atoms with Crippen LogP contribution in [0, 0.1) is 0 Å². The molecule has 0 aromatic heterocycles. The smallest absolute Gasteiger partial charge is 0.237 e. The molecule has 1 amide bonds. The molecule has 1 aromatic rings. The number of aliphatic hydroxyl groups is 1. The van der Waals surface area contributed by atoms with Crippen LogP contribution in [0.2, 0.25) is 0 Å². The van der Waals surface area contributed by atoms with Gasteiger partial charge in [0, 0.05) is 12.6 Å². The van der Waals surface area contributed by atoms with Gasteiger partial charge in [0.1, 0.15) is 0 Å². The standard InChI is InChI=1S/C15H24N2O2/c1-4-11(2)17-15(19)12(3)16-10-14(18)13-8-6-5-7-9-13/h5-9,11-12,14,16,18H,4,10H2,1-3H3,(H,17,19). The molecule has 1 rings (SSSR count). The molecular formula is C15H24N2O2. The first-order valence-electron chi connectivity index (χ1n) is 6.81. The highest BCUT2D eigenvalue weighted by molar-refractivity contribution is 5.81. The van der Waals surface area contributed by atoms with Gasteiger partial charge in [-0.1, -0.05) is 37.3 Å². The highest BCUT2D eigenvalue weighted by atomic mass is 16.3. The molecule has 3 unspecified atom stereocenters. The largest absolute Gasteiger partial charge is 0.387 e. The Kier molecular flexibility index (Phi) is 6.53. The number of hydrogen-bond donors (Lipinski definition) is 3. The maximum Gasteiger partial charge on any atom is 0.237 e. The van der Waals surface area contributed by atoms with Crippen molar-refractivity contribution in [3.63, 3.8) is 0 Å². The molecular weight excluding hydrogens is 240 g/mol. The molecule has 4 nitrogen and oxygen atoms in total. The van der Waals surface area contributed by atoms with Crippen molar-refractivity contribution >= 4 is 5.91 Å². The average molecular weight is 264 g/mol. The maximum atomic E-state index is 11.8. The molecule has 0 saturated carbocycles. The van der Waals surface area contributed by atoms with Crippen LogP contribution in [0.5, 0.6) is 0 Å². The van der Waals surface area contributed by atoms with Crippen LogP contribution in [0.1, 0.15) is 38.9 Å². The molecule has 4 heteroatoms. The SMILES string of the molecule is CCC(C)NC(=O)C(C)NCC(O)c1ccccc1. The molecule has 0 aliphatic carbocycles. The number of amides is 1. The van der Waals surface area contributed by atoms with E-state index >= 15 is 0 Å². The zero-order valence-corrected chi connectivity index (χ0v) is 11.9. The highest BCUT2D eigenvalue weighted by Gasteiger charge is 2.15. The van der Waals surface area contributed by atoms with E-state index in [1.807, 2.05) is 44.2 Å². The molecule has 19 heavy (non-hydrogen) atoms. The number of carbonyl (C=O) groups is 1. The fourth-order valence-corrected chi connectivity index (χ4v) is 1.64. The van der Waals surface area contributed by atoms with Gasteiger partial charge in [0.05, 0.1) is 12.1 Å². The second-order valence-electron chi connectivity index (χ2n) is 4.87. The van der Waals surface area contributed by atoms with E-state index in [0.717, 1.165) is 12.0 Å². The second-order valence-corrected chi connectivity index (χ2v) is 4.87. The van der Waals surface area contributed by atoms with E-state index in [-0.39, 0.29) is 18.0 Å². The number of rotatable bonds is 7. The molecule has 1 aromatic carbocycles. The summed E-state index contributed by atoms with van der Waals surface area (Å²) in [6, 6.07) is 9.29. The van der Waals surface area contributed by atoms with Crippen molar-refractivity contribution in [1.82, 2.24) is 10.6 Å². The van der Waals surface area contributed by atoms with Crippen LogP contribution < -0.4 is 10.6 Å². The van der Waals surface area contributed by atoms with Crippen LogP contribution in [0.25, 0.3) is 0 Å². The molecule has 3 N–H and O–H groups in total. The molecule has 0 aliphatic heterocycles. The van der Waals surface area contributed by atoms with Crippen LogP contribution in [0.15, 0.2) is 30.3 Å². The summed E-state index contributed by atoms with van der Waals surface area (Å²) < 4.78 is 0. The van der Waals surface area contributed by atoms with Crippen molar-refractivity contribution < 1.29 is 9.90 Å². The third-order valence-electron chi connectivity index (χ3n) is 3.20. The first-order chi connectivity index (χ1) is 9.04. The Morgan fingerprint density at radius 2 is 1.89 bits per heavy atom. The highest BCUT2D eigenvalue weighted by Crippen LogP contribution is 2.10. The monoisotopic (exact) mass is 264 g/mol. The third kappa shape index (κ3) is 5.41. The van der Waals surface area contributed by atoms with Crippen LogP contribution >= 0.6 is 0 Å². The van der Waals surface area contributed by atoms with Gasteiger partial charge in [0.2, 0.25) is 5.91 Å². The Morgan fingerprint density at radius 3 is 2.47 bits per heavy atom. The molecule has 0 aliphatic rings. The minimum atomic E-state index is -0.597. The minimum Gasteiger partial charge on any atom is -0.387 e. The normalized spacial score (nSPS) is 15.6. The van der Waals surface area contributed by atoms with Gasteiger partial charge in [-0.15, -0.1) is 0 Å². The number of hydrogen-bond acceptors (Lipinski definition) is 3. The predicted molar refractivity (Wildman–Crippen MR) is 76.8 cm³/mol. The van der Waals surface area contributed by atoms with Gasteiger partial charge < -0.3 is 15.7 Å². The van der Waals surface area contributed by atoms with Crippen molar-refractivity contribution in [1.29, 1.82) is 0 Å². The summed E-state index contributed by atoms with van der Waals surface area (Å²) in [5.41, 5.74) is 0.851. The Balaban J connectivity index is 2.37. The van der Waals surface area contributed by atoms with Gasteiger partial charge in [-0.3, -0.25) is 4.79 Å². The van der Waals surface area contributed by atoms with E-state index in [0.29, 0.717) is 6.54 Å². The summed E-state index contributed by atoms with van der Waals surface area (Å²) in [5, 5.41) is 15.9. The lowest BCUT2D eigenvalue weighted by atomic mass is 10.1. The molecule has 0 radical (unpaired) electrons. The summed E-state index contributed by atoms with van der Waals surface area (Å²) in [5.74, 6) is -0.0328. The van der Waals surface area contributed by atoms with E-state index in [1.54, 1.807) is 6.92 Å². The summed E-state index contributed by atoms with van der Waals surface area (Å²) in [6.07, 6.45) is 0.311. The van der Waals surface area contributed by atoms with Gasteiger partial charge >= 0.3 is 0 Å². The summed E-state index contributed by atoms with van der Waals surface area (Å²) in [4.78, 5) is 11.8. The van der Waals surface area contributed by atoms with Gasteiger partial charge in [-0.25, -0.2) is 0 Å². The minimum absolute atomic E-state index is 0.0328. The first kappa shape index (κ1) is 15.7. The van der Waals surface area contributed by atoms with Crippen LogP contribution in [0.4, 0.5) is 0 Å². The Morgan fingerprint density at radius 1 is 1.26 bits per heavy atom. The number of aliphatic hydroxyl groups excluding tert-OH is 1. The van der Waals surface area contributed by atoms with Crippen molar-refractivity contribution in [2.45, 2.75) is 45.4 Å². The summed E-state index contributed by atoms with van der Waals surface area (Å²) >= 11 is 0. The van der Waals surface area contributed by atoms with Gasteiger partial charge in [-0.05, 0) is 25.8 Å². The molecule has 0 spiro atoms. The Bertz CT molecular complexity index is 381. The Labute approximate surface area is 115 Å². The van der Waals surface area contributed by atoms with Crippen LogP contribution in [0.3, 0.4) is 0 Å². The fraction of sp³-hybridized carbons (Fsp3) is 0.533. The van der Waals surface area contributed by atoms with Gasteiger partial charge in [0.15, 0.2) is 0 Å². The van der Waals surface area contributed by atoms with E-state index in [4.69, 9.17) is 0 Å². The molecule has 106 valence electrons. The first-order valence-corrected chi connectivity index (χ1v) is 6.81. The number of carbonyl (C=O) groups excluding carboxylic acids is 1. The zero-order chi connectivity index (χ0) is 14.3. The van der Waals surface area contributed by atoms with Crippen molar-refractivity contribution in [3.8, 4) is 0 Å². The lowest BCUT2D eigenvalue weighted by molar-refractivity contribution is -0.123. The quantitative estimate of drug-likeness (QED) is 0.701. The average Bonchev–Trinajstić information content (AvgIpc) is 2.44. The van der Waals surface area contributed by atoms with E-state index in [1.165, 1.54) is 0 Å². The van der Waals surface area contributed by atoms with Crippen LogP contribution in [-0.2, 0) is 4.79 Å². The number of nitrogens with one attached hydrogen (secondary N) is 2. The van der Waals surface area contributed by atoms with Crippen LogP contribution in [-0.4, -0.2) is 29.6 Å². The molecule has 3 atom stereocenters. The number of benzene rings is 1. The van der Waals surface area contributed by atoms with Crippen molar-refractivity contribution in [2.75, 3.05) is 6.54 Å². The third-order valence-corrected chi connectivity index (χ3v) is 3.20.